The molecule has 37 heavy (non-hydrogen) atoms. The molecule has 0 spiro atoms. The van der Waals surface area contributed by atoms with E-state index in [0.717, 1.165) is 22.4 Å². The normalized spacial score (nSPS) is 17.2. The zero-order valence-corrected chi connectivity index (χ0v) is 20.9. The van der Waals surface area contributed by atoms with Crippen LogP contribution in [0.4, 0.5) is 0 Å². The number of ketones is 2. The van der Waals surface area contributed by atoms with Crippen molar-refractivity contribution in [1.29, 1.82) is 0 Å². The molecule has 0 unspecified atom stereocenters. The maximum Gasteiger partial charge on any atom is 0.160 e. The summed E-state index contributed by atoms with van der Waals surface area (Å²) in [5.41, 5.74) is 3.68. The number of ether oxygens (including phenoxy) is 1. The molecule has 3 aromatic rings. The van der Waals surface area contributed by atoms with Crippen LogP contribution in [0.2, 0.25) is 0 Å². The van der Waals surface area contributed by atoms with Gasteiger partial charge in [0, 0.05) is 30.1 Å². The number of aryl methyl sites for hydroxylation is 2. The number of H-pyrrole nitrogens is 1. The van der Waals surface area contributed by atoms with Gasteiger partial charge >= 0.3 is 0 Å². The summed E-state index contributed by atoms with van der Waals surface area (Å²) < 4.78 is 5.12. The minimum absolute atomic E-state index is 0.0381. The number of fused-ring (bicyclic) bond motifs is 1. The van der Waals surface area contributed by atoms with Gasteiger partial charge in [-0.2, -0.15) is 0 Å². The standard InChI is InChI=1S/C30H33NO6/c1-37-30-16-20(7-12-28(30)35)6-9-23(34)18-29(36)25-10-11-27-24(13-14-31-27)26(25)17-22(33)8-5-19-3-2-4-21(32)15-19/h2-4,7,10-16,22,25-26,31-33,35H,5-6,8-9,17-18H2,1H3/t22-,25-,26-/m1/s1. The molecule has 7 heteroatoms. The molecule has 3 atom stereocenters. The molecule has 194 valence electrons. The summed E-state index contributed by atoms with van der Waals surface area (Å²) in [6.45, 7) is 0. The van der Waals surface area contributed by atoms with Crippen LogP contribution in [-0.2, 0) is 22.4 Å². The van der Waals surface area contributed by atoms with Crippen LogP contribution in [0.5, 0.6) is 17.2 Å². The maximum atomic E-state index is 13.3. The monoisotopic (exact) mass is 503 g/mol. The molecular weight excluding hydrogens is 470 g/mol. The summed E-state index contributed by atoms with van der Waals surface area (Å²) in [5.74, 6) is -0.433. The molecule has 0 aliphatic heterocycles. The molecule has 0 saturated heterocycles. The number of methoxy groups -OCH3 is 1. The smallest absolute Gasteiger partial charge is 0.160 e. The largest absolute Gasteiger partial charge is 0.508 e. The zero-order valence-electron chi connectivity index (χ0n) is 20.9. The Bertz CT molecular complexity index is 1280. The van der Waals surface area contributed by atoms with Crippen LogP contribution in [0.3, 0.4) is 0 Å². The molecule has 1 heterocycles. The highest BCUT2D eigenvalue weighted by atomic mass is 16.5. The zero-order chi connectivity index (χ0) is 26.4. The molecule has 7 nitrogen and oxygen atoms in total. The lowest BCUT2D eigenvalue weighted by Gasteiger charge is -2.29. The van der Waals surface area contributed by atoms with E-state index in [9.17, 15) is 24.9 Å². The first kappa shape index (κ1) is 26.2. The highest BCUT2D eigenvalue weighted by Gasteiger charge is 2.34. The molecule has 1 aromatic heterocycles. The number of aliphatic hydroxyl groups excluding tert-OH is 1. The summed E-state index contributed by atoms with van der Waals surface area (Å²) in [6, 6.07) is 13.9. The van der Waals surface area contributed by atoms with Gasteiger partial charge in [-0.25, -0.2) is 0 Å². The topological polar surface area (TPSA) is 120 Å². The van der Waals surface area contributed by atoms with Crippen molar-refractivity contribution < 1.29 is 29.6 Å². The van der Waals surface area contributed by atoms with Gasteiger partial charge in [0.15, 0.2) is 11.5 Å². The number of aliphatic hydroxyl groups is 1. The quantitative estimate of drug-likeness (QED) is 0.266. The molecule has 0 fully saturated rings. The lowest BCUT2D eigenvalue weighted by molar-refractivity contribution is -0.128. The lowest BCUT2D eigenvalue weighted by Crippen LogP contribution is -2.28. The Morgan fingerprint density at radius 3 is 2.65 bits per heavy atom. The molecule has 1 aliphatic carbocycles. The third-order valence-corrected chi connectivity index (χ3v) is 7.00. The van der Waals surface area contributed by atoms with Crippen molar-refractivity contribution in [3.8, 4) is 17.2 Å². The number of carbonyl (C=O) groups excluding carboxylic acids is 2. The molecule has 1 aliphatic rings. The van der Waals surface area contributed by atoms with Crippen LogP contribution >= 0.6 is 0 Å². The Hall–Kier alpha value is -3.84. The molecule has 2 aromatic carbocycles. The summed E-state index contributed by atoms with van der Waals surface area (Å²) in [4.78, 5) is 29.1. The minimum atomic E-state index is -0.642. The number of phenols is 2. The summed E-state index contributed by atoms with van der Waals surface area (Å²) in [7, 11) is 1.47. The number of hydrogen-bond donors (Lipinski definition) is 4. The second-order valence-corrected chi connectivity index (χ2v) is 9.62. The number of allylic oxidation sites excluding steroid dienone is 1. The third kappa shape index (κ3) is 6.68. The third-order valence-electron chi connectivity index (χ3n) is 7.00. The summed E-state index contributed by atoms with van der Waals surface area (Å²) in [5, 5.41) is 30.3. The number of Topliss-reactive ketones (excluding diaryl/α,β-unsaturated/α-hetero) is 2. The van der Waals surface area contributed by atoms with Crippen LogP contribution in [-0.4, -0.2) is 45.1 Å². The molecule has 0 bridgehead atoms. The Kier molecular flexibility index (Phi) is 8.46. The molecule has 0 radical (unpaired) electrons. The maximum absolute atomic E-state index is 13.3. The Morgan fingerprint density at radius 1 is 1.05 bits per heavy atom. The fraction of sp³-hybridized carbons (Fsp3) is 0.333. The van der Waals surface area contributed by atoms with Crippen molar-refractivity contribution in [2.45, 2.75) is 50.5 Å². The Balaban J connectivity index is 1.37. The first-order valence-corrected chi connectivity index (χ1v) is 12.6. The van der Waals surface area contributed by atoms with Crippen molar-refractivity contribution in [2.75, 3.05) is 7.11 Å². The number of aromatic hydroxyl groups is 2. The number of hydrogen-bond acceptors (Lipinski definition) is 6. The van der Waals surface area contributed by atoms with E-state index in [1.807, 2.05) is 30.5 Å². The Labute approximate surface area is 216 Å². The van der Waals surface area contributed by atoms with Crippen LogP contribution in [0, 0.1) is 5.92 Å². The van der Waals surface area contributed by atoms with Gasteiger partial charge in [0.1, 0.15) is 17.3 Å². The van der Waals surface area contributed by atoms with Crippen LogP contribution in [0.15, 0.2) is 60.8 Å². The van der Waals surface area contributed by atoms with Crippen molar-refractivity contribution in [1.82, 2.24) is 4.98 Å². The number of aromatic nitrogens is 1. The van der Waals surface area contributed by atoms with Crippen molar-refractivity contribution in [3.63, 3.8) is 0 Å². The van der Waals surface area contributed by atoms with E-state index in [-0.39, 0.29) is 41.8 Å². The summed E-state index contributed by atoms with van der Waals surface area (Å²) >= 11 is 0. The van der Waals surface area contributed by atoms with E-state index >= 15 is 0 Å². The average Bonchev–Trinajstić information content (AvgIpc) is 3.36. The lowest BCUT2D eigenvalue weighted by atomic mass is 9.75. The van der Waals surface area contributed by atoms with Gasteiger partial charge in [-0.1, -0.05) is 24.3 Å². The predicted molar refractivity (Wildman–Crippen MR) is 141 cm³/mol. The van der Waals surface area contributed by atoms with E-state index in [0.29, 0.717) is 31.4 Å². The molecule has 0 amide bonds. The van der Waals surface area contributed by atoms with Gasteiger partial charge in [0.05, 0.1) is 19.6 Å². The number of phenolic OH excluding ortho intramolecular Hbond substituents is 2. The van der Waals surface area contributed by atoms with Crippen LogP contribution in [0.1, 0.15) is 54.0 Å². The van der Waals surface area contributed by atoms with E-state index < -0.39 is 12.0 Å². The minimum Gasteiger partial charge on any atom is -0.508 e. The fourth-order valence-corrected chi connectivity index (χ4v) is 5.01. The van der Waals surface area contributed by atoms with E-state index in [1.54, 1.807) is 30.3 Å². The van der Waals surface area contributed by atoms with Gasteiger partial charge in [-0.05, 0) is 78.8 Å². The van der Waals surface area contributed by atoms with Crippen LogP contribution < -0.4 is 4.74 Å². The van der Waals surface area contributed by atoms with E-state index in [4.69, 9.17) is 4.74 Å². The molecule has 4 rings (SSSR count). The van der Waals surface area contributed by atoms with Crippen molar-refractivity contribution >= 4 is 17.6 Å². The number of rotatable bonds is 12. The fourth-order valence-electron chi connectivity index (χ4n) is 5.01. The van der Waals surface area contributed by atoms with Gasteiger partial charge in [0.2, 0.25) is 0 Å². The van der Waals surface area contributed by atoms with Gasteiger partial charge in [-0.3, -0.25) is 9.59 Å². The van der Waals surface area contributed by atoms with Crippen molar-refractivity contribution in [2.24, 2.45) is 5.92 Å². The number of aromatic amines is 1. The van der Waals surface area contributed by atoms with Gasteiger partial charge in [0.25, 0.3) is 0 Å². The summed E-state index contributed by atoms with van der Waals surface area (Å²) in [6.07, 6.45) is 6.89. The number of benzene rings is 2. The van der Waals surface area contributed by atoms with Gasteiger partial charge < -0.3 is 25.0 Å². The number of carbonyl (C=O) groups is 2. The number of nitrogens with one attached hydrogen (secondary N) is 1. The van der Waals surface area contributed by atoms with Crippen molar-refractivity contribution in [3.05, 3.63) is 83.2 Å². The van der Waals surface area contributed by atoms with Crippen LogP contribution in [0.25, 0.3) is 6.08 Å². The highest BCUT2D eigenvalue weighted by molar-refractivity contribution is 6.01. The second kappa shape index (κ2) is 11.9. The second-order valence-electron chi connectivity index (χ2n) is 9.62. The van der Waals surface area contributed by atoms with E-state index in [2.05, 4.69) is 4.98 Å². The molecule has 4 N–H and O–H groups in total. The average molecular weight is 504 g/mol. The Morgan fingerprint density at radius 2 is 1.86 bits per heavy atom. The highest BCUT2D eigenvalue weighted by Crippen LogP contribution is 2.39. The molecular formula is C30H33NO6. The first-order valence-electron chi connectivity index (χ1n) is 12.6. The first-order chi connectivity index (χ1) is 17.8. The van der Waals surface area contributed by atoms with Gasteiger partial charge in [-0.15, -0.1) is 0 Å². The molecule has 0 saturated carbocycles. The SMILES string of the molecule is COc1cc(CCC(=O)CC(=O)[C@@H]2C=Cc3[nH]ccc3[C@H]2C[C@H](O)CCc2cccc(O)c2)ccc1O. The predicted octanol–water partition coefficient (Wildman–Crippen LogP) is 4.71. The van der Waals surface area contributed by atoms with E-state index in [1.165, 1.54) is 13.2 Å².